The van der Waals surface area contributed by atoms with Crippen molar-refractivity contribution >= 4 is 33.4 Å². The van der Waals surface area contributed by atoms with Crippen LogP contribution in [-0.4, -0.2) is 57.8 Å². The monoisotopic (exact) mass is 458 g/mol. The lowest BCUT2D eigenvalue weighted by atomic mass is 9.95. The highest BCUT2D eigenvalue weighted by Crippen LogP contribution is 2.33. The molecule has 2 aliphatic rings. The summed E-state index contributed by atoms with van der Waals surface area (Å²) in [6, 6.07) is 0. The maximum Gasteiger partial charge on any atom is 0.262 e. The molecule has 7 nitrogen and oxygen atoms in total. The number of likely N-dealkylation sites (tertiary alicyclic amines) is 1. The molecule has 8 heteroatoms. The van der Waals surface area contributed by atoms with Gasteiger partial charge in [0.1, 0.15) is 4.83 Å². The summed E-state index contributed by atoms with van der Waals surface area (Å²) < 4.78 is 1.60. The molecular formula is C24H34N4O3S. The molecule has 1 aliphatic carbocycles. The maximum atomic E-state index is 13.1. The van der Waals surface area contributed by atoms with Gasteiger partial charge in [-0.25, -0.2) is 4.98 Å². The molecule has 1 saturated heterocycles. The van der Waals surface area contributed by atoms with Gasteiger partial charge in [-0.05, 0) is 50.5 Å². The summed E-state index contributed by atoms with van der Waals surface area (Å²) in [5.74, 6) is 0.269. The number of hydrogen-bond donors (Lipinski definition) is 0. The van der Waals surface area contributed by atoms with Gasteiger partial charge in [-0.1, -0.05) is 13.3 Å². The molecule has 1 fully saturated rings. The molecule has 174 valence electrons. The van der Waals surface area contributed by atoms with Crippen molar-refractivity contribution in [2.75, 3.05) is 26.7 Å². The molecule has 2 amide bonds. The predicted molar refractivity (Wildman–Crippen MR) is 127 cm³/mol. The van der Waals surface area contributed by atoms with Crippen molar-refractivity contribution in [3.8, 4) is 0 Å². The smallest absolute Gasteiger partial charge is 0.262 e. The molecule has 4 rings (SSSR count). The standard InChI is InChI=1S/C24H34N4O3S/c1-3-4-12-26(2)23(30)17-9-13-27(14-10-17)20(29)11-15-28-16-25-22-21(24(28)31)18-7-5-6-8-19(18)32-22/h16-17H,3-15H2,1-2H3. The molecule has 32 heavy (non-hydrogen) atoms. The average Bonchev–Trinajstić information content (AvgIpc) is 3.21. The first-order valence-corrected chi connectivity index (χ1v) is 12.8. The predicted octanol–water partition coefficient (Wildman–Crippen LogP) is 3.22. The molecule has 0 N–H and O–H groups in total. The number of unbranched alkanes of at least 4 members (excludes halogenated alkanes) is 1. The summed E-state index contributed by atoms with van der Waals surface area (Å²) >= 11 is 1.65. The van der Waals surface area contributed by atoms with Gasteiger partial charge in [0.25, 0.3) is 5.56 Å². The van der Waals surface area contributed by atoms with E-state index in [1.54, 1.807) is 22.2 Å². The molecule has 2 aromatic heterocycles. The summed E-state index contributed by atoms with van der Waals surface area (Å²) in [4.78, 5) is 48.8. The van der Waals surface area contributed by atoms with Gasteiger partial charge in [0.05, 0.1) is 11.7 Å². The maximum absolute atomic E-state index is 13.1. The van der Waals surface area contributed by atoms with Crippen molar-refractivity contribution in [2.24, 2.45) is 5.92 Å². The second-order valence-electron chi connectivity index (χ2n) is 9.15. The van der Waals surface area contributed by atoms with E-state index >= 15 is 0 Å². The Morgan fingerprint density at radius 3 is 2.72 bits per heavy atom. The minimum Gasteiger partial charge on any atom is -0.346 e. The van der Waals surface area contributed by atoms with Gasteiger partial charge >= 0.3 is 0 Å². The molecule has 0 atom stereocenters. The van der Waals surface area contributed by atoms with Crippen LogP contribution in [0.4, 0.5) is 0 Å². The number of carbonyl (C=O) groups is 2. The number of rotatable bonds is 7. The fraction of sp³-hybridized carbons (Fsp3) is 0.667. The van der Waals surface area contributed by atoms with Crippen LogP contribution in [0, 0.1) is 5.92 Å². The first-order valence-electron chi connectivity index (χ1n) is 12.0. The van der Waals surface area contributed by atoms with Gasteiger partial charge in [0, 0.05) is 50.4 Å². The molecule has 0 aromatic carbocycles. The van der Waals surface area contributed by atoms with Crippen molar-refractivity contribution in [1.29, 1.82) is 0 Å². The third-order valence-electron chi connectivity index (χ3n) is 6.93. The minimum atomic E-state index is -0.0124. The fourth-order valence-corrected chi connectivity index (χ4v) is 6.13. The second-order valence-corrected chi connectivity index (χ2v) is 10.2. The Bertz CT molecular complexity index is 1040. The Labute approximate surface area is 193 Å². The molecule has 1 aliphatic heterocycles. The van der Waals surface area contributed by atoms with Gasteiger partial charge in [0.2, 0.25) is 11.8 Å². The third kappa shape index (κ3) is 4.75. The normalized spacial score (nSPS) is 16.9. The van der Waals surface area contributed by atoms with E-state index < -0.39 is 0 Å². The number of aryl methyl sites for hydroxylation is 3. The Hall–Kier alpha value is -2.22. The van der Waals surface area contributed by atoms with Gasteiger partial charge in [0.15, 0.2) is 0 Å². The van der Waals surface area contributed by atoms with Gasteiger partial charge < -0.3 is 9.80 Å². The minimum absolute atomic E-state index is 0.0124. The molecule has 0 saturated carbocycles. The van der Waals surface area contributed by atoms with E-state index in [1.807, 2.05) is 16.8 Å². The van der Waals surface area contributed by atoms with E-state index in [4.69, 9.17) is 0 Å². The summed E-state index contributed by atoms with van der Waals surface area (Å²) in [5, 5.41) is 0.770. The number of carbonyl (C=O) groups excluding carboxylic acids is 2. The first kappa shape index (κ1) is 23.0. The van der Waals surface area contributed by atoms with E-state index in [2.05, 4.69) is 11.9 Å². The Kier molecular flexibility index (Phi) is 7.28. The lowest BCUT2D eigenvalue weighted by Crippen LogP contribution is -2.44. The van der Waals surface area contributed by atoms with Gasteiger partial charge in [-0.2, -0.15) is 0 Å². The number of amides is 2. The summed E-state index contributed by atoms with van der Waals surface area (Å²) in [7, 11) is 1.88. The zero-order valence-corrected chi connectivity index (χ0v) is 20.1. The number of fused-ring (bicyclic) bond motifs is 3. The van der Waals surface area contributed by atoms with Gasteiger partial charge in [-0.3, -0.25) is 19.0 Å². The summed E-state index contributed by atoms with van der Waals surface area (Å²) in [6.45, 7) is 4.50. The lowest BCUT2D eigenvalue weighted by molar-refractivity contribution is -0.140. The zero-order valence-electron chi connectivity index (χ0n) is 19.3. The summed E-state index contributed by atoms with van der Waals surface area (Å²) in [6.07, 6.45) is 9.71. The van der Waals surface area contributed by atoms with Crippen LogP contribution in [0.5, 0.6) is 0 Å². The zero-order chi connectivity index (χ0) is 22.7. The number of nitrogens with zero attached hydrogens (tertiary/aromatic N) is 4. The van der Waals surface area contributed by atoms with E-state index in [0.717, 1.165) is 61.7 Å². The van der Waals surface area contributed by atoms with Crippen LogP contribution < -0.4 is 5.56 Å². The Balaban J connectivity index is 1.33. The highest BCUT2D eigenvalue weighted by molar-refractivity contribution is 7.18. The van der Waals surface area contributed by atoms with Crippen LogP contribution in [0.25, 0.3) is 10.2 Å². The first-order chi connectivity index (χ1) is 15.5. The van der Waals surface area contributed by atoms with E-state index in [-0.39, 0.29) is 29.7 Å². The number of aromatic nitrogens is 2. The van der Waals surface area contributed by atoms with Crippen LogP contribution in [0.2, 0.25) is 0 Å². The third-order valence-corrected chi connectivity index (χ3v) is 8.13. The van der Waals surface area contributed by atoms with E-state index in [0.29, 0.717) is 19.6 Å². The van der Waals surface area contributed by atoms with Crippen molar-refractivity contribution in [3.63, 3.8) is 0 Å². The SMILES string of the molecule is CCCCN(C)C(=O)C1CCN(C(=O)CCn2cnc3sc4c(c3c2=O)CCCC4)CC1. The van der Waals surface area contributed by atoms with Crippen LogP contribution in [0.15, 0.2) is 11.1 Å². The van der Waals surface area contributed by atoms with Crippen molar-refractivity contribution < 1.29 is 9.59 Å². The molecule has 0 unspecified atom stereocenters. The molecule has 3 heterocycles. The Morgan fingerprint density at radius 1 is 1.22 bits per heavy atom. The van der Waals surface area contributed by atoms with Crippen molar-refractivity contribution in [3.05, 3.63) is 27.1 Å². The number of piperidine rings is 1. The molecule has 0 bridgehead atoms. The molecule has 2 aromatic rings. The largest absolute Gasteiger partial charge is 0.346 e. The Morgan fingerprint density at radius 2 is 1.97 bits per heavy atom. The number of thiophene rings is 1. The van der Waals surface area contributed by atoms with Crippen LogP contribution in [-0.2, 0) is 29.0 Å². The second kappa shape index (κ2) is 10.1. The van der Waals surface area contributed by atoms with E-state index in [9.17, 15) is 14.4 Å². The topological polar surface area (TPSA) is 75.5 Å². The van der Waals surface area contributed by atoms with Crippen LogP contribution in [0.1, 0.15) is 62.3 Å². The molecular weight excluding hydrogens is 424 g/mol. The molecule has 0 radical (unpaired) electrons. The summed E-state index contributed by atoms with van der Waals surface area (Å²) in [5.41, 5.74) is 1.17. The van der Waals surface area contributed by atoms with Crippen molar-refractivity contribution in [2.45, 2.75) is 71.3 Å². The molecule has 0 spiro atoms. The van der Waals surface area contributed by atoms with Crippen molar-refractivity contribution in [1.82, 2.24) is 19.4 Å². The lowest BCUT2D eigenvalue weighted by Gasteiger charge is -2.33. The van der Waals surface area contributed by atoms with E-state index in [1.165, 1.54) is 16.9 Å². The number of hydrogen-bond acceptors (Lipinski definition) is 5. The highest BCUT2D eigenvalue weighted by atomic mass is 32.1. The average molecular weight is 459 g/mol. The highest BCUT2D eigenvalue weighted by Gasteiger charge is 2.29. The van der Waals surface area contributed by atoms with Gasteiger partial charge in [-0.15, -0.1) is 11.3 Å². The van der Waals surface area contributed by atoms with Crippen LogP contribution >= 0.6 is 11.3 Å². The fourth-order valence-electron chi connectivity index (χ4n) is 4.91. The quantitative estimate of drug-likeness (QED) is 0.638. The van der Waals surface area contributed by atoms with Crippen LogP contribution in [0.3, 0.4) is 0 Å².